The maximum atomic E-state index is 10.6. The van der Waals surface area contributed by atoms with Crippen molar-refractivity contribution >= 4 is 22.9 Å². The van der Waals surface area contributed by atoms with Crippen LogP contribution in [-0.4, -0.2) is 17.3 Å². The highest BCUT2D eigenvalue weighted by atomic mass is 35.5. The molecule has 2 aliphatic rings. The summed E-state index contributed by atoms with van der Waals surface area (Å²) in [5.74, 6) is 0.301. The van der Waals surface area contributed by atoms with Crippen molar-refractivity contribution in [3.63, 3.8) is 0 Å². The molecule has 2 fully saturated rings. The SMILES string of the molecule is Cc1csc(C(O)C2CCOC3(CCC3)C2)c1Cl. The minimum absolute atomic E-state index is 0.0860. The molecule has 1 aromatic heterocycles. The number of aliphatic hydroxyl groups excluding tert-OH is 1. The first-order chi connectivity index (χ1) is 8.61. The predicted octanol–water partition coefficient (Wildman–Crippen LogP) is 4.09. The van der Waals surface area contributed by atoms with E-state index in [1.54, 1.807) is 11.3 Å². The van der Waals surface area contributed by atoms with Crippen molar-refractivity contribution < 1.29 is 9.84 Å². The standard InChI is InChI=1S/C14H19ClO2S/c1-9-8-18-13(11(9)15)12(16)10-3-6-17-14(7-10)4-2-5-14/h8,10,12,16H,2-7H2,1H3. The molecule has 1 spiro atoms. The van der Waals surface area contributed by atoms with Crippen LogP contribution in [0.4, 0.5) is 0 Å². The van der Waals surface area contributed by atoms with Crippen molar-refractivity contribution in [3.8, 4) is 0 Å². The molecule has 0 bridgehead atoms. The zero-order valence-electron chi connectivity index (χ0n) is 10.6. The van der Waals surface area contributed by atoms with Gasteiger partial charge in [-0.15, -0.1) is 11.3 Å². The summed E-state index contributed by atoms with van der Waals surface area (Å²) in [6.07, 6.45) is 5.10. The normalized spacial score (nSPS) is 28.1. The third-order valence-electron chi connectivity index (χ3n) is 4.44. The molecule has 1 aliphatic carbocycles. The van der Waals surface area contributed by atoms with Crippen molar-refractivity contribution in [1.82, 2.24) is 0 Å². The molecule has 2 nitrogen and oxygen atoms in total. The Morgan fingerprint density at radius 2 is 2.33 bits per heavy atom. The Morgan fingerprint density at radius 3 is 2.89 bits per heavy atom. The quantitative estimate of drug-likeness (QED) is 0.887. The van der Waals surface area contributed by atoms with Gasteiger partial charge in [0.15, 0.2) is 0 Å². The monoisotopic (exact) mass is 286 g/mol. The molecule has 0 radical (unpaired) electrons. The summed E-state index contributed by atoms with van der Waals surface area (Å²) in [4.78, 5) is 0.940. The van der Waals surface area contributed by atoms with Crippen LogP contribution in [0.2, 0.25) is 5.02 Å². The average Bonchev–Trinajstić information content (AvgIpc) is 2.67. The second-order valence-electron chi connectivity index (χ2n) is 5.68. The molecule has 100 valence electrons. The average molecular weight is 287 g/mol. The highest BCUT2D eigenvalue weighted by Crippen LogP contribution is 2.48. The van der Waals surface area contributed by atoms with Crippen LogP contribution >= 0.6 is 22.9 Å². The van der Waals surface area contributed by atoms with Gasteiger partial charge in [0.2, 0.25) is 0 Å². The van der Waals surface area contributed by atoms with Crippen molar-refractivity contribution in [3.05, 3.63) is 20.8 Å². The number of aliphatic hydroxyl groups is 1. The van der Waals surface area contributed by atoms with Gasteiger partial charge in [0.05, 0.1) is 21.6 Å². The third-order valence-corrected chi connectivity index (χ3v) is 6.22. The van der Waals surface area contributed by atoms with E-state index in [2.05, 4.69) is 0 Å². The zero-order valence-corrected chi connectivity index (χ0v) is 12.2. The number of hydrogen-bond acceptors (Lipinski definition) is 3. The van der Waals surface area contributed by atoms with Crippen molar-refractivity contribution in [1.29, 1.82) is 0 Å². The Labute approximate surface area is 117 Å². The lowest BCUT2D eigenvalue weighted by atomic mass is 9.70. The first kappa shape index (κ1) is 12.9. The summed E-state index contributed by atoms with van der Waals surface area (Å²) >= 11 is 7.84. The lowest BCUT2D eigenvalue weighted by Crippen LogP contribution is -2.46. The van der Waals surface area contributed by atoms with Gasteiger partial charge in [0, 0.05) is 6.61 Å². The highest BCUT2D eigenvalue weighted by Gasteiger charge is 2.44. The van der Waals surface area contributed by atoms with Crippen LogP contribution in [0.3, 0.4) is 0 Å². The van der Waals surface area contributed by atoms with Gasteiger partial charge in [0.25, 0.3) is 0 Å². The summed E-state index contributed by atoms with van der Waals surface area (Å²) in [5, 5.41) is 13.3. The topological polar surface area (TPSA) is 29.5 Å². The van der Waals surface area contributed by atoms with Gasteiger partial charge in [-0.3, -0.25) is 0 Å². The van der Waals surface area contributed by atoms with Gasteiger partial charge in [-0.05, 0) is 55.9 Å². The Kier molecular flexibility index (Phi) is 3.43. The van der Waals surface area contributed by atoms with E-state index in [9.17, 15) is 5.11 Å². The molecular weight excluding hydrogens is 268 g/mol. The Balaban J connectivity index is 1.76. The first-order valence-electron chi connectivity index (χ1n) is 6.67. The van der Waals surface area contributed by atoms with E-state index in [4.69, 9.17) is 16.3 Å². The fourth-order valence-corrected chi connectivity index (χ4v) is 4.50. The summed E-state index contributed by atoms with van der Waals surface area (Å²) in [6, 6.07) is 0. The molecule has 3 rings (SSSR count). The number of thiophene rings is 1. The van der Waals surface area contributed by atoms with Crippen LogP contribution in [0.5, 0.6) is 0 Å². The van der Waals surface area contributed by atoms with Gasteiger partial charge in [0.1, 0.15) is 0 Å². The lowest BCUT2D eigenvalue weighted by Gasteiger charge is -2.48. The summed E-state index contributed by atoms with van der Waals surface area (Å²) in [7, 11) is 0. The second-order valence-corrected chi connectivity index (χ2v) is 6.97. The molecule has 2 atom stereocenters. The Hall–Kier alpha value is -0.0900. The number of halogens is 1. The fourth-order valence-electron chi connectivity index (χ4n) is 3.12. The van der Waals surface area contributed by atoms with E-state index in [-0.39, 0.29) is 5.60 Å². The van der Waals surface area contributed by atoms with Crippen LogP contribution in [0.1, 0.15) is 48.6 Å². The van der Waals surface area contributed by atoms with Gasteiger partial charge in [-0.25, -0.2) is 0 Å². The molecular formula is C14H19ClO2S. The van der Waals surface area contributed by atoms with Gasteiger partial charge >= 0.3 is 0 Å². The molecule has 2 heterocycles. The molecule has 1 aromatic rings. The molecule has 1 N–H and O–H groups in total. The number of hydrogen-bond donors (Lipinski definition) is 1. The first-order valence-corrected chi connectivity index (χ1v) is 7.93. The number of ether oxygens (including phenoxy) is 1. The Bertz CT molecular complexity index is 439. The molecule has 1 aliphatic heterocycles. The molecule has 18 heavy (non-hydrogen) atoms. The maximum Gasteiger partial charge on any atom is 0.0927 e. The summed E-state index contributed by atoms with van der Waals surface area (Å²) in [6.45, 7) is 2.77. The largest absolute Gasteiger partial charge is 0.387 e. The van der Waals surface area contributed by atoms with Crippen LogP contribution in [0.25, 0.3) is 0 Å². The van der Waals surface area contributed by atoms with Crippen LogP contribution < -0.4 is 0 Å². The summed E-state index contributed by atoms with van der Waals surface area (Å²) in [5.41, 5.74) is 1.16. The van der Waals surface area contributed by atoms with Gasteiger partial charge < -0.3 is 9.84 Å². The van der Waals surface area contributed by atoms with Crippen LogP contribution in [0, 0.1) is 12.8 Å². The fraction of sp³-hybridized carbons (Fsp3) is 0.714. The Morgan fingerprint density at radius 1 is 1.56 bits per heavy atom. The summed E-state index contributed by atoms with van der Waals surface area (Å²) < 4.78 is 5.91. The van der Waals surface area contributed by atoms with E-state index in [1.807, 2.05) is 12.3 Å². The van der Waals surface area contributed by atoms with Gasteiger partial charge in [-0.2, -0.15) is 0 Å². The number of aryl methyl sites for hydroxylation is 1. The minimum Gasteiger partial charge on any atom is -0.387 e. The molecule has 0 aromatic carbocycles. The molecule has 1 saturated heterocycles. The zero-order chi connectivity index (χ0) is 12.8. The lowest BCUT2D eigenvalue weighted by molar-refractivity contribution is -0.157. The molecule has 1 saturated carbocycles. The van der Waals surface area contributed by atoms with Crippen molar-refractivity contribution in [2.24, 2.45) is 5.92 Å². The predicted molar refractivity (Wildman–Crippen MR) is 74.3 cm³/mol. The van der Waals surface area contributed by atoms with Gasteiger partial charge in [-0.1, -0.05) is 11.6 Å². The highest BCUT2D eigenvalue weighted by molar-refractivity contribution is 7.10. The third kappa shape index (κ3) is 2.11. The molecule has 4 heteroatoms. The van der Waals surface area contributed by atoms with Crippen molar-refractivity contribution in [2.75, 3.05) is 6.61 Å². The van der Waals surface area contributed by atoms with E-state index in [1.165, 1.54) is 6.42 Å². The van der Waals surface area contributed by atoms with Crippen LogP contribution in [0.15, 0.2) is 5.38 Å². The van der Waals surface area contributed by atoms with Crippen LogP contribution in [-0.2, 0) is 4.74 Å². The van der Waals surface area contributed by atoms with E-state index in [0.29, 0.717) is 5.92 Å². The second kappa shape index (κ2) is 4.78. The van der Waals surface area contributed by atoms with Crippen molar-refractivity contribution in [2.45, 2.75) is 50.7 Å². The smallest absolute Gasteiger partial charge is 0.0927 e. The molecule has 0 amide bonds. The van der Waals surface area contributed by atoms with E-state index >= 15 is 0 Å². The minimum atomic E-state index is -0.419. The molecule has 2 unspecified atom stereocenters. The maximum absolute atomic E-state index is 10.6. The number of rotatable bonds is 2. The van der Waals surface area contributed by atoms with E-state index in [0.717, 1.165) is 47.8 Å². The van der Waals surface area contributed by atoms with E-state index < -0.39 is 6.10 Å².